The number of methoxy groups -OCH3 is 1. The van der Waals surface area contributed by atoms with Crippen LogP contribution in [0.1, 0.15) is 52.4 Å². The number of carbonyl (C=O) groups is 1. The van der Waals surface area contributed by atoms with E-state index in [-0.39, 0.29) is 16.8 Å². The van der Waals surface area contributed by atoms with Gasteiger partial charge in [-0.25, -0.2) is 0 Å². The third-order valence-corrected chi connectivity index (χ3v) is 7.58. The zero-order chi connectivity index (χ0) is 17.9. The third kappa shape index (κ3) is 3.53. The van der Waals surface area contributed by atoms with Crippen LogP contribution in [0.2, 0.25) is 0 Å². The molecule has 2 aliphatic carbocycles. The highest BCUT2D eigenvalue weighted by Crippen LogP contribution is 2.60. The Kier molecular flexibility index (Phi) is 5.62. The molecular weight excluding hydrogens is 328 g/mol. The van der Waals surface area contributed by atoms with Crippen molar-refractivity contribution in [2.24, 2.45) is 22.7 Å². The lowest BCUT2D eigenvalue weighted by Crippen LogP contribution is -2.52. The van der Waals surface area contributed by atoms with Crippen LogP contribution < -0.4 is 0 Å². The molecule has 0 spiro atoms. The van der Waals surface area contributed by atoms with Crippen LogP contribution in [0.15, 0.2) is 46.7 Å². The van der Waals surface area contributed by atoms with Crippen molar-refractivity contribution in [2.75, 3.05) is 7.11 Å². The first-order valence-electron chi connectivity index (χ1n) is 9.47. The van der Waals surface area contributed by atoms with Gasteiger partial charge in [-0.3, -0.25) is 4.79 Å². The fourth-order valence-electron chi connectivity index (χ4n) is 5.38. The molecule has 1 aromatic rings. The molecule has 2 nitrogen and oxygen atoms in total. The Labute approximate surface area is 156 Å². The molecule has 4 atom stereocenters. The molecule has 25 heavy (non-hydrogen) atoms. The number of hydrogen-bond acceptors (Lipinski definition) is 3. The van der Waals surface area contributed by atoms with Gasteiger partial charge in [0.05, 0.1) is 12.5 Å². The number of hydrogen-bond donors (Lipinski definition) is 0. The van der Waals surface area contributed by atoms with Crippen molar-refractivity contribution in [3.05, 3.63) is 41.8 Å². The zero-order valence-corrected chi connectivity index (χ0v) is 16.5. The number of allylic oxidation sites excluding steroid dienone is 1. The van der Waals surface area contributed by atoms with Gasteiger partial charge in [-0.1, -0.05) is 55.8 Å². The molecule has 0 heterocycles. The number of esters is 1. The minimum atomic E-state index is -0.319. The summed E-state index contributed by atoms with van der Waals surface area (Å²) in [5.74, 6) is 0.963. The van der Waals surface area contributed by atoms with E-state index in [0.29, 0.717) is 11.8 Å². The average molecular weight is 359 g/mol. The Morgan fingerprint density at radius 1 is 1.16 bits per heavy atom. The highest BCUT2D eigenvalue weighted by atomic mass is 32.2. The quantitative estimate of drug-likeness (QED) is 0.482. The van der Waals surface area contributed by atoms with Gasteiger partial charge in [-0.15, -0.1) is 0 Å². The van der Waals surface area contributed by atoms with E-state index in [1.165, 1.54) is 31.3 Å². The largest absolute Gasteiger partial charge is 0.469 e. The molecule has 1 unspecified atom stereocenters. The molecule has 0 saturated heterocycles. The van der Waals surface area contributed by atoms with Crippen LogP contribution in [0.4, 0.5) is 0 Å². The first-order chi connectivity index (χ1) is 12.0. The molecule has 0 aromatic heterocycles. The predicted molar refractivity (Wildman–Crippen MR) is 104 cm³/mol. The lowest BCUT2D eigenvalue weighted by molar-refractivity contribution is -0.168. The van der Waals surface area contributed by atoms with E-state index in [1.54, 1.807) is 11.8 Å². The summed E-state index contributed by atoms with van der Waals surface area (Å²) in [6, 6.07) is 10.5. The molecule has 0 amide bonds. The average Bonchev–Trinajstić information content (AvgIpc) is 2.62. The topological polar surface area (TPSA) is 26.3 Å². The van der Waals surface area contributed by atoms with Crippen molar-refractivity contribution < 1.29 is 9.53 Å². The van der Waals surface area contributed by atoms with Crippen LogP contribution in [0, 0.1) is 22.7 Å². The normalized spacial score (nSPS) is 35.3. The fraction of sp³-hybridized carbons (Fsp3) is 0.591. The summed E-state index contributed by atoms with van der Waals surface area (Å²) in [5, 5.41) is 2.26. The molecule has 2 saturated carbocycles. The first-order valence-corrected chi connectivity index (χ1v) is 10.4. The molecule has 0 bridgehead atoms. The molecule has 1 aromatic carbocycles. The fourth-order valence-corrected chi connectivity index (χ4v) is 6.12. The van der Waals surface area contributed by atoms with Crippen LogP contribution in [0.25, 0.3) is 0 Å². The van der Waals surface area contributed by atoms with Gasteiger partial charge >= 0.3 is 5.97 Å². The van der Waals surface area contributed by atoms with E-state index < -0.39 is 0 Å². The number of carbonyl (C=O) groups excluding carboxylic acids is 1. The van der Waals surface area contributed by atoms with Gasteiger partial charge in [0.2, 0.25) is 0 Å². The number of benzene rings is 1. The maximum Gasteiger partial charge on any atom is 0.311 e. The summed E-state index contributed by atoms with van der Waals surface area (Å²) in [6.45, 7) is 4.56. The maximum absolute atomic E-state index is 12.5. The van der Waals surface area contributed by atoms with Crippen LogP contribution in [-0.4, -0.2) is 13.1 Å². The van der Waals surface area contributed by atoms with Crippen molar-refractivity contribution in [1.82, 2.24) is 0 Å². The summed E-state index contributed by atoms with van der Waals surface area (Å²) in [6.07, 6.45) is 9.30. The van der Waals surface area contributed by atoms with Gasteiger partial charge in [0, 0.05) is 4.90 Å². The monoisotopic (exact) mass is 358 g/mol. The standard InChI is InChI=1S/C22H30O2S/c1-21-14-8-15-22(2,20(23)24-3)19(21)12-7-9-17(21)13-16-25-18-10-5-4-6-11-18/h4-6,10-11,13,16-17,19H,7-9,12,14-15H2,1-3H3/t17?,19-,21-,22+/m0/s1. The highest BCUT2D eigenvalue weighted by molar-refractivity contribution is 8.02. The Morgan fingerprint density at radius 2 is 1.92 bits per heavy atom. The van der Waals surface area contributed by atoms with E-state index in [2.05, 4.69) is 55.7 Å². The number of rotatable bonds is 4. The predicted octanol–water partition coefficient (Wildman–Crippen LogP) is 6.08. The second-order valence-corrected chi connectivity index (χ2v) is 9.10. The minimum Gasteiger partial charge on any atom is -0.469 e. The molecule has 0 radical (unpaired) electrons. The SMILES string of the molecule is COC(=O)[C@]1(C)CCC[C@@]2(C)C(C=CSc3ccccc3)CCC[C@H]12. The van der Waals surface area contributed by atoms with Gasteiger partial charge in [0.15, 0.2) is 0 Å². The highest BCUT2D eigenvalue weighted by Gasteiger charge is 2.56. The smallest absolute Gasteiger partial charge is 0.311 e. The molecule has 3 rings (SSSR count). The Balaban J connectivity index is 1.78. The minimum absolute atomic E-state index is 0.00767. The second kappa shape index (κ2) is 7.57. The van der Waals surface area contributed by atoms with E-state index in [4.69, 9.17) is 4.74 Å². The Morgan fingerprint density at radius 3 is 2.64 bits per heavy atom. The summed E-state index contributed by atoms with van der Waals surface area (Å²) in [4.78, 5) is 13.8. The van der Waals surface area contributed by atoms with Crippen LogP contribution >= 0.6 is 11.8 Å². The number of thioether (sulfide) groups is 1. The summed E-state index contributed by atoms with van der Waals surface area (Å²) in [5.41, 5.74) is -0.117. The van der Waals surface area contributed by atoms with Gasteiger partial charge in [-0.2, -0.15) is 0 Å². The van der Waals surface area contributed by atoms with Crippen LogP contribution in [-0.2, 0) is 9.53 Å². The van der Waals surface area contributed by atoms with Gasteiger partial charge in [0.25, 0.3) is 0 Å². The van der Waals surface area contributed by atoms with Crippen LogP contribution in [0.3, 0.4) is 0 Å². The maximum atomic E-state index is 12.5. The molecule has 2 aliphatic rings. The van der Waals surface area contributed by atoms with Crippen molar-refractivity contribution in [2.45, 2.75) is 57.3 Å². The molecule has 2 fully saturated rings. The van der Waals surface area contributed by atoms with Gasteiger partial charge in [0.1, 0.15) is 0 Å². The van der Waals surface area contributed by atoms with E-state index >= 15 is 0 Å². The van der Waals surface area contributed by atoms with Crippen molar-refractivity contribution in [3.63, 3.8) is 0 Å². The van der Waals surface area contributed by atoms with E-state index in [0.717, 1.165) is 19.3 Å². The molecule has 3 heteroatoms. The van der Waals surface area contributed by atoms with Gasteiger partial charge in [-0.05, 0) is 67.4 Å². The Bertz CT molecular complexity index is 626. The molecular formula is C22H30O2S. The zero-order valence-electron chi connectivity index (χ0n) is 15.7. The first kappa shape index (κ1) is 18.6. The number of fused-ring (bicyclic) bond motifs is 1. The molecule has 0 N–H and O–H groups in total. The van der Waals surface area contributed by atoms with E-state index in [9.17, 15) is 4.79 Å². The van der Waals surface area contributed by atoms with Crippen molar-refractivity contribution in [1.29, 1.82) is 0 Å². The summed E-state index contributed by atoms with van der Waals surface area (Å²) < 4.78 is 5.20. The Hall–Kier alpha value is -1.22. The number of ether oxygens (including phenoxy) is 1. The van der Waals surface area contributed by atoms with Gasteiger partial charge < -0.3 is 4.74 Å². The van der Waals surface area contributed by atoms with Crippen molar-refractivity contribution >= 4 is 17.7 Å². The van der Waals surface area contributed by atoms with Crippen molar-refractivity contribution in [3.8, 4) is 0 Å². The third-order valence-electron chi connectivity index (χ3n) is 6.74. The lowest BCUT2D eigenvalue weighted by atomic mass is 9.48. The van der Waals surface area contributed by atoms with Crippen LogP contribution in [0.5, 0.6) is 0 Å². The molecule has 136 valence electrons. The molecule has 0 aliphatic heterocycles. The summed E-state index contributed by atoms with van der Waals surface area (Å²) in [7, 11) is 1.54. The lowest BCUT2D eigenvalue weighted by Gasteiger charge is -2.56. The summed E-state index contributed by atoms with van der Waals surface area (Å²) >= 11 is 1.79. The second-order valence-electron chi connectivity index (χ2n) is 8.12. The van der Waals surface area contributed by atoms with E-state index in [1.807, 2.05) is 0 Å².